The van der Waals surface area contributed by atoms with Gasteiger partial charge in [0.1, 0.15) is 0 Å². The number of halogens is 3. The number of amides is 1. The van der Waals surface area contributed by atoms with Gasteiger partial charge in [-0.05, 0) is 6.42 Å². The van der Waals surface area contributed by atoms with Crippen molar-refractivity contribution in [3.05, 3.63) is 0 Å². The zero-order chi connectivity index (χ0) is 10.8. The molecule has 82 valence electrons. The van der Waals surface area contributed by atoms with Crippen LogP contribution in [-0.2, 0) is 4.79 Å². The first-order chi connectivity index (χ1) is 6.38. The van der Waals surface area contributed by atoms with Gasteiger partial charge in [-0.15, -0.1) is 0 Å². The van der Waals surface area contributed by atoms with Crippen LogP contribution in [0.1, 0.15) is 19.3 Å². The lowest BCUT2D eigenvalue weighted by Gasteiger charge is -2.30. The molecular formula is C8H13F3N2O. The zero-order valence-corrected chi connectivity index (χ0v) is 7.68. The molecule has 2 N–H and O–H groups in total. The summed E-state index contributed by atoms with van der Waals surface area (Å²) < 4.78 is 35.6. The first kappa shape index (κ1) is 11.3. The number of hydrogen-bond donors (Lipinski definition) is 1. The molecule has 14 heavy (non-hydrogen) atoms. The predicted octanol–water partition coefficient (Wildman–Crippen LogP) is 0.889. The summed E-state index contributed by atoms with van der Waals surface area (Å²) in [5.41, 5.74) is 5.50. The highest BCUT2D eigenvalue weighted by Crippen LogP contribution is 2.21. The van der Waals surface area contributed by atoms with Crippen LogP contribution in [0.3, 0.4) is 0 Å². The zero-order valence-electron chi connectivity index (χ0n) is 7.68. The van der Waals surface area contributed by atoms with E-state index in [2.05, 4.69) is 0 Å². The van der Waals surface area contributed by atoms with E-state index in [9.17, 15) is 18.0 Å². The van der Waals surface area contributed by atoms with Gasteiger partial charge in [-0.25, -0.2) is 0 Å². The van der Waals surface area contributed by atoms with Crippen LogP contribution in [0.15, 0.2) is 0 Å². The van der Waals surface area contributed by atoms with Crippen LogP contribution in [0.5, 0.6) is 0 Å². The molecular weight excluding hydrogens is 197 g/mol. The molecule has 0 aliphatic carbocycles. The molecule has 0 spiro atoms. The van der Waals surface area contributed by atoms with Gasteiger partial charge in [-0.2, -0.15) is 13.2 Å². The Morgan fingerprint density at radius 1 is 1.50 bits per heavy atom. The average Bonchev–Trinajstić information content (AvgIpc) is 2.00. The molecule has 3 nitrogen and oxygen atoms in total. The number of nitrogens with zero attached hydrogens (tertiary/aromatic N) is 1. The number of carbonyl (C=O) groups excluding carboxylic acids is 1. The van der Waals surface area contributed by atoms with Crippen LogP contribution in [0.25, 0.3) is 0 Å². The summed E-state index contributed by atoms with van der Waals surface area (Å²) in [5.74, 6) is -0.270. The molecule has 1 aliphatic heterocycles. The van der Waals surface area contributed by atoms with Crippen molar-refractivity contribution in [3.8, 4) is 0 Å². The van der Waals surface area contributed by atoms with E-state index in [1.807, 2.05) is 0 Å². The fourth-order valence-electron chi connectivity index (χ4n) is 1.40. The number of rotatable bonds is 2. The molecule has 1 atom stereocenters. The molecule has 0 aromatic rings. The summed E-state index contributed by atoms with van der Waals surface area (Å²) in [4.78, 5) is 12.4. The fraction of sp³-hybridized carbons (Fsp3) is 0.875. The summed E-state index contributed by atoms with van der Waals surface area (Å²) in [6, 6.07) is -0.190. The van der Waals surface area contributed by atoms with Gasteiger partial charge >= 0.3 is 6.18 Å². The average molecular weight is 210 g/mol. The highest BCUT2D eigenvalue weighted by atomic mass is 19.4. The quantitative estimate of drug-likeness (QED) is 0.735. The van der Waals surface area contributed by atoms with Crippen LogP contribution in [0.2, 0.25) is 0 Å². The van der Waals surface area contributed by atoms with E-state index in [0.717, 1.165) is 0 Å². The van der Waals surface area contributed by atoms with Crippen LogP contribution in [0.4, 0.5) is 13.2 Å². The third-order valence-electron chi connectivity index (χ3n) is 2.22. The Kier molecular flexibility index (Phi) is 3.36. The van der Waals surface area contributed by atoms with Gasteiger partial charge in [-0.1, -0.05) is 0 Å². The molecule has 1 amide bonds. The van der Waals surface area contributed by atoms with E-state index in [4.69, 9.17) is 5.73 Å². The van der Waals surface area contributed by atoms with E-state index < -0.39 is 12.6 Å². The lowest BCUT2D eigenvalue weighted by molar-refractivity contribution is -0.147. The van der Waals surface area contributed by atoms with Crippen LogP contribution >= 0.6 is 0 Å². The van der Waals surface area contributed by atoms with Crippen LogP contribution in [-0.4, -0.2) is 36.1 Å². The summed E-state index contributed by atoms with van der Waals surface area (Å²) >= 11 is 0. The van der Waals surface area contributed by atoms with Crippen molar-refractivity contribution in [1.82, 2.24) is 4.90 Å². The van der Waals surface area contributed by atoms with Gasteiger partial charge in [0.05, 0.1) is 6.42 Å². The topological polar surface area (TPSA) is 46.3 Å². The van der Waals surface area contributed by atoms with Crippen LogP contribution in [0, 0.1) is 0 Å². The van der Waals surface area contributed by atoms with Crippen LogP contribution < -0.4 is 5.73 Å². The maximum atomic E-state index is 11.9. The third-order valence-corrected chi connectivity index (χ3v) is 2.22. The van der Waals surface area contributed by atoms with Crippen molar-refractivity contribution in [1.29, 1.82) is 0 Å². The molecule has 1 aliphatic rings. The Morgan fingerprint density at radius 2 is 2.14 bits per heavy atom. The second-order valence-corrected chi connectivity index (χ2v) is 3.50. The maximum Gasteiger partial charge on any atom is 0.390 e. The number of piperidine rings is 1. The molecule has 1 unspecified atom stereocenters. The molecule has 0 saturated carbocycles. The van der Waals surface area contributed by atoms with Gasteiger partial charge in [0, 0.05) is 25.6 Å². The first-order valence-electron chi connectivity index (χ1n) is 4.48. The second kappa shape index (κ2) is 4.16. The van der Waals surface area contributed by atoms with Gasteiger partial charge in [0.25, 0.3) is 0 Å². The summed E-state index contributed by atoms with van der Waals surface area (Å²) in [7, 11) is 0. The summed E-state index contributed by atoms with van der Waals surface area (Å²) in [6.45, 7) is 0.102. The molecule has 0 aromatic carbocycles. The minimum absolute atomic E-state index is 0.165. The Balaban J connectivity index is 2.35. The number of alkyl halides is 3. The van der Waals surface area contributed by atoms with Crippen molar-refractivity contribution in [2.75, 3.05) is 13.1 Å². The highest BCUT2D eigenvalue weighted by Gasteiger charge is 2.30. The minimum atomic E-state index is -4.19. The Labute approximate surface area is 80.0 Å². The predicted molar refractivity (Wildman–Crippen MR) is 44.5 cm³/mol. The molecule has 1 rings (SSSR count). The molecule has 6 heteroatoms. The van der Waals surface area contributed by atoms with Crippen molar-refractivity contribution < 1.29 is 18.0 Å². The number of hydrogen-bond acceptors (Lipinski definition) is 2. The van der Waals surface area contributed by atoms with Crippen molar-refractivity contribution >= 4 is 5.91 Å². The molecule has 1 fully saturated rings. The molecule has 1 heterocycles. The highest BCUT2D eigenvalue weighted by molar-refractivity contribution is 5.77. The van der Waals surface area contributed by atoms with E-state index >= 15 is 0 Å². The van der Waals surface area contributed by atoms with E-state index in [1.165, 1.54) is 4.90 Å². The Morgan fingerprint density at radius 3 is 2.64 bits per heavy atom. The smallest absolute Gasteiger partial charge is 0.342 e. The summed E-state index contributed by atoms with van der Waals surface area (Å²) in [5, 5.41) is 0. The number of likely N-dealkylation sites (tertiary alicyclic amines) is 1. The number of nitrogens with two attached hydrogens (primary N) is 1. The number of carbonyl (C=O) groups is 1. The monoisotopic (exact) mass is 210 g/mol. The standard InChI is InChI=1S/C8H13F3N2O/c9-8(10,11)2-4-13-3-1-6(12)5-7(13)14/h6H,1-5,12H2. The van der Waals surface area contributed by atoms with Gasteiger partial charge in [-0.3, -0.25) is 4.79 Å². The lowest BCUT2D eigenvalue weighted by Crippen LogP contribution is -2.44. The molecule has 1 saturated heterocycles. The summed E-state index contributed by atoms with van der Waals surface area (Å²) in [6.07, 6.45) is -4.38. The third kappa shape index (κ3) is 3.53. The lowest BCUT2D eigenvalue weighted by atomic mass is 10.1. The minimum Gasteiger partial charge on any atom is -0.342 e. The van der Waals surface area contributed by atoms with E-state index in [0.29, 0.717) is 13.0 Å². The Bertz CT molecular complexity index is 217. The van der Waals surface area contributed by atoms with Crippen molar-refractivity contribution in [3.63, 3.8) is 0 Å². The van der Waals surface area contributed by atoms with Crippen molar-refractivity contribution in [2.45, 2.75) is 31.5 Å². The fourth-order valence-corrected chi connectivity index (χ4v) is 1.40. The van der Waals surface area contributed by atoms with Gasteiger partial charge < -0.3 is 10.6 Å². The molecule has 0 aromatic heterocycles. The first-order valence-corrected chi connectivity index (χ1v) is 4.48. The van der Waals surface area contributed by atoms with E-state index in [1.54, 1.807) is 0 Å². The largest absolute Gasteiger partial charge is 0.390 e. The van der Waals surface area contributed by atoms with Gasteiger partial charge in [0.15, 0.2) is 0 Å². The van der Waals surface area contributed by atoms with Crippen molar-refractivity contribution in [2.24, 2.45) is 5.73 Å². The SMILES string of the molecule is NC1CCN(CCC(F)(F)F)C(=O)C1. The molecule has 0 bridgehead atoms. The molecule has 0 radical (unpaired) electrons. The Hall–Kier alpha value is -0.780. The maximum absolute atomic E-state index is 11.9. The van der Waals surface area contributed by atoms with E-state index in [-0.39, 0.29) is 24.9 Å². The van der Waals surface area contributed by atoms with Gasteiger partial charge in [0.2, 0.25) is 5.91 Å². The normalized spacial score (nSPS) is 24.1. The second-order valence-electron chi connectivity index (χ2n) is 3.50.